The van der Waals surface area contributed by atoms with Crippen molar-refractivity contribution in [1.82, 2.24) is 0 Å². The molecule has 8 aliphatic rings. The molecule has 4 saturated carbocycles. The SMILES string of the molecule is C[C@H]1CC[C@@]2(OC1)O[C@H]1C[C@H]3[C@@H]4CC[C@@H]5C[C@@H](O[C@@H]6O[C@H](CO)[C@@H](O)[C@H](O)[C@H]6O[C@@H]6O[C@H](CO)[C@@H](O)[C@H](O)[C@H]6O)CC[C@]5(C)[C@H]4CC[C@]3(C)[C@H]1[C@@H]2C. The molecule has 7 N–H and O–H groups in total. The smallest absolute Gasteiger partial charge is 0.187 e. The molecule has 52 heavy (non-hydrogen) atoms. The Morgan fingerprint density at radius 2 is 1.37 bits per heavy atom. The molecule has 0 aromatic rings. The van der Waals surface area contributed by atoms with Crippen LogP contribution in [0.4, 0.5) is 0 Å². The Kier molecular flexibility index (Phi) is 10.4. The van der Waals surface area contributed by atoms with E-state index in [9.17, 15) is 35.7 Å². The molecule has 4 heterocycles. The average Bonchev–Trinajstić information content (AvgIpc) is 3.58. The summed E-state index contributed by atoms with van der Waals surface area (Å²) in [6.45, 7) is 9.33. The van der Waals surface area contributed by atoms with Gasteiger partial charge in [-0.2, -0.15) is 0 Å². The fraction of sp³-hybridized carbons (Fsp3) is 1.00. The summed E-state index contributed by atoms with van der Waals surface area (Å²) in [6, 6.07) is 0. The third-order valence-corrected chi connectivity index (χ3v) is 16.2. The van der Waals surface area contributed by atoms with Crippen LogP contribution in [0.15, 0.2) is 0 Å². The molecule has 22 atom stereocenters. The van der Waals surface area contributed by atoms with Crippen molar-refractivity contribution in [2.75, 3.05) is 19.8 Å². The maximum absolute atomic E-state index is 11.1. The van der Waals surface area contributed by atoms with E-state index in [1.165, 1.54) is 25.7 Å². The first kappa shape index (κ1) is 38.4. The third-order valence-electron chi connectivity index (χ3n) is 16.2. The molecule has 4 aliphatic carbocycles. The molecule has 1 spiro atoms. The van der Waals surface area contributed by atoms with Gasteiger partial charge in [0.1, 0.15) is 48.8 Å². The van der Waals surface area contributed by atoms with E-state index >= 15 is 0 Å². The number of ether oxygens (including phenoxy) is 6. The molecule has 13 heteroatoms. The van der Waals surface area contributed by atoms with Gasteiger partial charge < -0.3 is 64.2 Å². The molecule has 0 radical (unpaired) electrons. The molecule has 298 valence electrons. The van der Waals surface area contributed by atoms with Crippen LogP contribution in [0.25, 0.3) is 0 Å². The van der Waals surface area contributed by atoms with Crippen molar-refractivity contribution in [2.45, 2.75) is 171 Å². The van der Waals surface area contributed by atoms with Gasteiger partial charge in [0.15, 0.2) is 18.4 Å². The molecule has 0 amide bonds. The highest BCUT2D eigenvalue weighted by atomic mass is 16.8. The van der Waals surface area contributed by atoms with E-state index in [-0.39, 0.29) is 23.0 Å². The van der Waals surface area contributed by atoms with E-state index < -0.39 is 80.4 Å². The van der Waals surface area contributed by atoms with E-state index in [1.54, 1.807) is 0 Å². The Balaban J connectivity index is 0.942. The number of hydrogen-bond acceptors (Lipinski definition) is 13. The Morgan fingerprint density at radius 3 is 2.06 bits per heavy atom. The van der Waals surface area contributed by atoms with Crippen LogP contribution in [0.1, 0.15) is 91.9 Å². The second kappa shape index (κ2) is 14.1. The van der Waals surface area contributed by atoms with E-state index in [0.717, 1.165) is 45.1 Å². The fourth-order valence-electron chi connectivity index (χ4n) is 13.2. The molecule has 0 aromatic heterocycles. The van der Waals surface area contributed by atoms with Crippen LogP contribution in [0.2, 0.25) is 0 Å². The largest absolute Gasteiger partial charge is 0.394 e. The first-order valence-electron chi connectivity index (χ1n) is 20.3. The normalized spacial score (nSPS) is 59.0. The van der Waals surface area contributed by atoms with Gasteiger partial charge >= 0.3 is 0 Å². The molecule has 4 aliphatic heterocycles. The Hall–Kier alpha value is -0.520. The van der Waals surface area contributed by atoms with Gasteiger partial charge in [0.25, 0.3) is 0 Å². The lowest BCUT2D eigenvalue weighted by atomic mass is 9.44. The van der Waals surface area contributed by atoms with Gasteiger partial charge in [-0.05, 0) is 104 Å². The standard InChI is InChI=1S/C39H64O13/c1-18-7-12-39(47-17-18)19(2)28-25(52-39)14-24-22-6-5-20-13-21(8-10-37(20,3)23(22)9-11-38(24,28)4)48-36-34(32(45)30(43)27(16-41)50-36)51-35-33(46)31(44)29(42)26(15-40)49-35/h18-36,40-46H,5-17H2,1-4H3/t18-,19-,20+,21-,22+,23-,24-,25-,26+,27+,28-,29+,30+,31-,32-,33+,34+,35-,36+,37-,38-,39+/m0/s1. The molecule has 0 bridgehead atoms. The summed E-state index contributed by atoms with van der Waals surface area (Å²) in [4.78, 5) is 0. The molecule has 0 unspecified atom stereocenters. The van der Waals surface area contributed by atoms with Gasteiger partial charge in [-0.15, -0.1) is 0 Å². The lowest BCUT2D eigenvalue weighted by Gasteiger charge is -2.61. The predicted octanol–water partition coefficient (Wildman–Crippen LogP) is 1.44. The van der Waals surface area contributed by atoms with Gasteiger partial charge in [-0.25, -0.2) is 0 Å². The minimum absolute atomic E-state index is 0.168. The van der Waals surface area contributed by atoms with Crippen molar-refractivity contribution in [3.8, 4) is 0 Å². The highest BCUT2D eigenvalue weighted by Gasteiger charge is 2.69. The summed E-state index contributed by atoms with van der Waals surface area (Å²) >= 11 is 0. The Labute approximate surface area is 307 Å². The van der Waals surface area contributed by atoms with Crippen molar-refractivity contribution in [3.63, 3.8) is 0 Å². The fourth-order valence-corrected chi connectivity index (χ4v) is 13.2. The molecule has 8 rings (SSSR count). The number of aliphatic hydroxyl groups excluding tert-OH is 7. The number of hydrogen-bond donors (Lipinski definition) is 7. The molecular weight excluding hydrogens is 676 g/mol. The van der Waals surface area contributed by atoms with Crippen molar-refractivity contribution in [3.05, 3.63) is 0 Å². The summed E-state index contributed by atoms with van der Waals surface area (Å²) in [5.74, 6) is 3.51. The van der Waals surface area contributed by atoms with Crippen LogP contribution < -0.4 is 0 Å². The highest BCUT2D eigenvalue weighted by Crippen LogP contribution is 2.71. The second-order valence-corrected chi connectivity index (χ2v) is 18.7. The monoisotopic (exact) mass is 740 g/mol. The van der Waals surface area contributed by atoms with E-state index in [2.05, 4.69) is 27.7 Å². The zero-order valence-corrected chi connectivity index (χ0v) is 31.2. The van der Waals surface area contributed by atoms with Crippen LogP contribution in [0.3, 0.4) is 0 Å². The Morgan fingerprint density at radius 1 is 0.673 bits per heavy atom. The van der Waals surface area contributed by atoms with Crippen LogP contribution in [0.5, 0.6) is 0 Å². The van der Waals surface area contributed by atoms with Crippen molar-refractivity contribution < 1.29 is 64.2 Å². The van der Waals surface area contributed by atoms with Crippen LogP contribution in [0, 0.1) is 52.3 Å². The topological polar surface area (TPSA) is 197 Å². The number of aliphatic hydroxyl groups is 7. The minimum atomic E-state index is -1.71. The second-order valence-electron chi connectivity index (χ2n) is 18.7. The lowest BCUT2D eigenvalue weighted by Crippen LogP contribution is -2.65. The summed E-state index contributed by atoms with van der Waals surface area (Å²) < 4.78 is 37.5. The predicted molar refractivity (Wildman–Crippen MR) is 183 cm³/mol. The molecular formula is C39H64O13. The maximum Gasteiger partial charge on any atom is 0.187 e. The Bertz CT molecular complexity index is 1260. The molecule has 13 nitrogen and oxygen atoms in total. The van der Waals surface area contributed by atoms with E-state index in [1.807, 2.05) is 0 Å². The zero-order valence-electron chi connectivity index (χ0n) is 31.2. The quantitative estimate of drug-likeness (QED) is 0.194. The van der Waals surface area contributed by atoms with Crippen LogP contribution >= 0.6 is 0 Å². The molecule has 4 saturated heterocycles. The summed E-state index contributed by atoms with van der Waals surface area (Å²) in [7, 11) is 0. The van der Waals surface area contributed by atoms with Crippen molar-refractivity contribution >= 4 is 0 Å². The van der Waals surface area contributed by atoms with Gasteiger partial charge in [0.2, 0.25) is 0 Å². The zero-order chi connectivity index (χ0) is 36.9. The van der Waals surface area contributed by atoms with Gasteiger partial charge in [-0.1, -0.05) is 27.7 Å². The van der Waals surface area contributed by atoms with Crippen LogP contribution in [-0.4, -0.2) is 135 Å². The van der Waals surface area contributed by atoms with E-state index in [0.29, 0.717) is 41.4 Å². The molecule has 8 fully saturated rings. The maximum atomic E-state index is 11.1. The summed E-state index contributed by atoms with van der Waals surface area (Å²) in [5.41, 5.74) is 0.425. The van der Waals surface area contributed by atoms with Gasteiger partial charge in [0.05, 0.1) is 32.0 Å². The first-order valence-corrected chi connectivity index (χ1v) is 20.3. The third kappa shape index (κ3) is 5.98. The average molecular weight is 741 g/mol. The van der Waals surface area contributed by atoms with E-state index in [4.69, 9.17) is 28.4 Å². The van der Waals surface area contributed by atoms with Crippen LogP contribution in [-0.2, 0) is 28.4 Å². The lowest BCUT2D eigenvalue weighted by molar-refractivity contribution is -0.373. The van der Waals surface area contributed by atoms with Crippen molar-refractivity contribution in [1.29, 1.82) is 0 Å². The van der Waals surface area contributed by atoms with Crippen molar-refractivity contribution in [2.24, 2.45) is 52.3 Å². The summed E-state index contributed by atoms with van der Waals surface area (Å²) in [5, 5.41) is 72.7. The summed E-state index contributed by atoms with van der Waals surface area (Å²) in [6.07, 6.45) is -3.88. The molecule has 0 aromatic carbocycles. The number of rotatable bonds is 6. The first-order chi connectivity index (χ1) is 24.7. The number of fused-ring (bicyclic) bond motifs is 7. The highest BCUT2D eigenvalue weighted by molar-refractivity contribution is 5.15. The van der Waals surface area contributed by atoms with Gasteiger partial charge in [0, 0.05) is 12.3 Å². The van der Waals surface area contributed by atoms with Gasteiger partial charge in [-0.3, -0.25) is 0 Å². The minimum Gasteiger partial charge on any atom is -0.394 e.